The van der Waals surface area contributed by atoms with Gasteiger partial charge in [-0.2, -0.15) is 0 Å². The molecule has 0 bridgehead atoms. The summed E-state index contributed by atoms with van der Waals surface area (Å²) in [5, 5.41) is 0. The molecule has 3 nitrogen and oxygen atoms in total. The summed E-state index contributed by atoms with van der Waals surface area (Å²) in [6, 6.07) is 0. The van der Waals surface area contributed by atoms with Gasteiger partial charge in [-0.15, -0.1) is 0 Å². The summed E-state index contributed by atoms with van der Waals surface area (Å²) < 4.78 is 16.9. The van der Waals surface area contributed by atoms with Crippen LogP contribution in [-0.2, 0) is 14.2 Å². The van der Waals surface area contributed by atoms with Gasteiger partial charge in [0.1, 0.15) is 0 Å². The lowest BCUT2D eigenvalue weighted by atomic mass is 9.98. The maximum atomic E-state index is 5.96. The molecule has 3 heteroatoms. The minimum absolute atomic E-state index is 0.200. The highest BCUT2D eigenvalue weighted by Crippen LogP contribution is 2.51. The van der Waals surface area contributed by atoms with Crippen LogP contribution in [0.1, 0.15) is 33.6 Å². The third kappa shape index (κ3) is 3.30. The van der Waals surface area contributed by atoms with Gasteiger partial charge in [-0.25, -0.2) is 0 Å². The van der Waals surface area contributed by atoms with Gasteiger partial charge in [-0.3, -0.25) is 0 Å². The van der Waals surface area contributed by atoms with E-state index in [9.17, 15) is 0 Å². The molecule has 0 radical (unpaired) electrons. The van der Waals surface area contributed by atoms with E-state index in [0.29, 0.717) is 25.9 Å². The lowest BCUT2D eigenvalue weighted by Crippen LogP contribution is -2.28. The van der Waals surface area contributed by atoms with Gasteiger partial charge in [0.2, 0.25) is 0 Å². The van der Waals surface area contributed by atoms with Crippen molar-refractivity contribution in [2.24, 2.45) is 11.8 Å². The lowest BCUT2D eigenvalue weighted by molar-refractivity contribution is -0.178. The van der Waals surface area contributed by atoms with Crippen LogP contribution in [0.15, 0.2) is 11.6 Å². The second kappa shape index (κ2) is 5.98. The fraction of sp³-hybridized carbons (Fsp3) is 0.857. The van der Waals surface area contributed by atoms with Crippen LogP contribution >= 0.6 is 0 Å². The molecule has 0 saturated heterocycles. The molecule has 1 saturated carbocycles. The molecule has 0 aliphatic heterocycles. The molecule has 3 atom stereocenters. The van der Waals surface area contributed by atoms with Crippen molar-refractivity contribution in [2.45, 2.75) is 46.0 Å². The van der Waals surface area contributed by atoms with Gasteiger partial charge in [-0.05, 0) is 45.4 Å². The first kappa shape index (κ1) is 13.1. The lowest BCUT2D eigenvalue weighted by Gasteiger charge is -2.24. The number of allylic oxidation sites excluding steroid dienone is 1. The van der Waals surface area contributed by atoms with E-state index in [4.69, 9.17) is 14.2 Å². The summed E-state index contributed by atoms with van der Waals surface area (Å²) in [4.78, 5) is 0. The molecule has 2 rings (SSSR count). The zero-order chi connectivity index (χ0) is 12.3. The number of fused-ring (bicyclic) bond motifs is 1. The normalized spacial score (nSPS) is 31.3. The van der Waals surface area contributed by atoms with Gasteiger partial charge >= 0.3 is 0 Å². The monoisotopic (exact) mass is 240 g/mol. The highest BCUT2D eigenvalue weighted by molar-refractivity contribution is 5.19. The van der Waals surface area contributed by atoms with E-state index in [1.54, 1.807) is 5.57 Å². The predicted octanol–water partition coefficient (Wildman–Crippen LogP) is 2.76. The zero-order valence-electron chi connectivity index (χ0n) is 11.1. The van der Waals surface area contributed by atoms with E-state index in [2.05, 4.69) is 13.0 Å². The van der Waals surface area contributed by atoms with Crippen LogP contribution in [0.4, 0.5) is 0 Å². The van der Waals surface area contributed by atoms with E-state index in [1.165, 1.54) is 6.42 Å². The molecule has 0 heterocycles. The zero-order valence-corrected chi connectivity index (χ0v) is 11.1. The molecule has 0 aromatic heterocycles. The van der Waals surface area contributed by atoms with Crippen LogP contribution in [-0.4, -0.2) is 32.2 Å². The van der Waals surface area contributed by atoms with Gasteiger partial charge < -0.3 is 14.2 Å². The molecule has 0 spiro atoms. The Hall–Kier alpha value is -0.380. The minimum Gasteiger partial charge on any atom is -0.372 e. The predicted molar refractivity (Wildman–Crippen MR) is 66.8 cm³/mol. The van der Waals surface area contributed by atoms with Gasteiger partial charge in [0, 0.05) is 13.2 Å². The van der Waals surface area contributed by atoms with E-state index >= 15 is 0 Å². The Bertz CT molecular complexity index is 269. The van der Waals surface area contributed by atoms with Crippen LogP contribution in [0.3, 0.4) is 0 Å². The fourth-order valence-electron chi connectivity index (χ4n) is 2.69. The van der Waals surface area contributed by atoms with Gasteiger partial charge in [0.15, 0.2) is 6.29 Å². The van der Waals surface area contributed by atoms with Crippen molar-refractivity contribution in [3.63, 3.8) is 0 Å². The average Bonchev–Trinajstić information content (AvgIpc) is 3.09. The fourth-order valence-corrected chi connectivity index (χ4v) is 2.69. The Morgan fingerprint density at radius 2 is 2.00 bits per heavy atom. The van der Waals surface area contributed by atoms with Crippen molar-refractivity contribution in [3.05, 3.63) is 11.6 Å². The summed E-state index contributed by atoms with van der Waals surface area (Å²) >= 11 is 0. The van der Waals surface area contributed by atoms with E-state index in [1.807, 2.05) is 13.8 Å². The summed E-state index contributed by atoms with van der Waals surface area (Å²) in [5.41, 5.74) is 1.56. The molecule has 2 aliphatic rings. The SMILES string of the molecule is CCOC(COC1CC=C(C)C2CC12)OCC. The number of ether oxygens (including phenoxy) is 3. The van der Waals surface area contributed by atoms with E-state index < -0.39 is 0 Å². The van der Waals surface area contributed by atoms with E-state index in [0.717, 1.165) is 18.3 Å². The highest BCUT2D eigenvalue weighted by atomic mass is 16.7. The first-order valence-electron chi connectivity index (χ1n) is 6.77. The van der Waals surface area contributed by atoms with Gasteiger partial charge in [-0.1, -0.05) is 11.6 Å². The molecule has 0 aromatic carbocycles. The van der Waals surface area contributed by atoms with Gasteiger partial charge in [0.25, 0.3) is 0 Å². The third-order valence-corrected chi connectivity index (χ3v) is 3.73. The summed E-state index contributed by atoms with van der Waals surface area (Å²) in [6.07, 6.45) is 4.87. The molecular weight excluding hydrogens is 216 g/mol. The van der Waals surface area contributed by atoms with Gasteiger partial charge in [0.05, 0.1) is 12.7 Å². The third-order valence-electron chi connectivity index (χ3n) is 3.73. The quantitative estimate of drug-likeness (QED) is 0.506. The Balaban J connectivity index is 1.74. The molecular formula is C14H24O3. The molecule has 0 amide bonds. The van der Waals surface area contributed by atoms with Crippen LogP contribution in [0.25, 0.3) is 0 Å². The Morgan fingerprint density at radius 1 is 1.29 bits per heavy atom. The summed E-state index contributed by atoms with van der Waals surface area (Å²) in [6.45, 7) is 8.10. The van der Waals surface area contributed by atoms with Crippen LogP contribution in [0, 0.1) is 11.8 Å². The van der Waals surface area contributed by atoms with Crippen LogP contribution in [0.2, 0.25) is 0 Å². The number of hydrogen-bond acceptors (Lipinski definition) is 3. The number of rotatable bonds is 7. The topological polar surface area (TPSA) is 27.7 Å². The molecule has 2 aliphatic carbocycles. The van der Waals surface area contributed by atoms with Crippen LogP contribution in [0.5, 0.6) is 0 Å². The molecule has 3 unspecified atom stereocenters. The molecule has 1 fully saturated rings. The summed E-state index contributed by atoms with van der Waals surface area (Å²) in [7, 11) is 0. The second-order valence-corrected chi connectivity index (χ2v) is 4.90. The largest absolute Gasteiger partial charge is 0.372 e. The average molecular weight is 240 g/mol. The van der Waals surface area contributed by atoms with Crippen molar-refractivity contribution >= 4 is 0 Å². The standard InChI is InChI=1S/C14H24O3/c1-4-15-14(16-5-2)9-17-13-7-6-10(3)11-8-12(11)13/h6,11-14H,4-5,7-9H2,1-3H3. The smallest absolute Gasteiger partial charge is 0.180 e. The first-order valence-corrected chi connectivity index (χ1v) is 6.77. The van der Waals surface area contributed by atoms with Crippen molar-refractivity contribution in [3.8, 4) is 0 Å². The second-order valence-electron chi connectivity index (χ2n) is 4.90. The maximum absolute atomic E-state index is 5.96. The van der Waals surface area contributed by atoms with Crippen molar-refractivity contribution in [1.82, 2.24) is 0 Å². The van der Waals surface area contributed by atoms with Crippen molar-refractivity contribution < 1.29 is 14.2 Å². The Morgan fingerprint density at radius 3 is 2.65 bits per heavy atom. The molecule has 98 valence electrons. The first-order chi connectivity index (χ1) is 8.26. The molecule has 0 N–H and O–H groups in total. The molecule has 17 heavy (non-hydrogen) atoms. The van der Waals surface area contributed by atoms with Crippen LogP contribution < -0.4 is 0 Å². The van der Waals surface area contributed by atoms with Crippen molar-refractivity contribution in [1.29, 1.82) is 0 Å². The highest BCUT2D eigenvalue weighted by Gasteiger charge is 2.46. The summed E-state index contributed by atoms with van der Waals surface area (Å²) in [5.74, 6) is 1.55. The molecule has 0 aromatic rings. The Kier molecular flexibility index (Phi) is 4.60. The maximum Gasteiger partial charge on any atom is 0.180 e. The van der Waals surface area contributed by atoms with E-state index in [-0.39, 0.29) is 6.29 Å². The number of hydrogen-bond donors (Lipinski definition) is 0. The minimum atomic E-state index is -0.200. The van der Waals surface area contributed by atoms with Crippen molar-refractivity contribution in [2.75, 3.05) is 19.8 Å². The Labute approximate surface area is 104 Å².